The number of rotatable bonds is 5. The van der Waals surface area contributed by atoms with Crippen molar-refractivity contribution < 1.29 is 49.5 Å². The number of aliphatic hydroxyl groups is 1. The van der Waals surface area contributed by atoms with Gasteiger partial charge in [0.2, 0.25) is 5.91 Å². The molecule has 1 unspecified atom stereocenters. The number of amides is 1. The summed E-state index contributed by atoms with van der Waals surface area (Å²) in [5.74, 6) is -6.05. The topological polar surface area (TPSA) is 213 Å². The van der Waals surface area contributed by atoms with Crippen LogP contribution in [0.4, 0.5) is 0 Å². The fourth-order valence-corrected chi connectivity index (χ4v) is 0.752. The van der Waals surface area contributed by atoms with Gasteiger partial charge in [0.25, 0.3) is 11.9 Å². The molecule has 0 aromatic rings. The van der Waals surface area contributed by atoms with Gasteiger partial charge >= 0.3 is 11.9 Å². The maximum absolute atomic E-state index is 10.4. The van der Waals surface area contributed by atoms with Gasteiger partial charge in [-0.2, -0.15) is 0 Å². The van der Waals surface area contributed by atoms with Crippen LogP contribution in [0.25, 0.3) is 0 Å². The molecule has 0 aromatic carbocycles. The Bertz CT molecular complexity index is 367. The number of carbonyl (C=O) groups excluding carboxylic acids is 1. The maximum Gasteiger partial charge on any atom is 0.336 e. The number of carboxylic acids is 4. The molecule has 0 spiro atoms. The molecule has 0 saturated heterocycles. The van der Waals surface area contributed by atoms with Crippen molar-refractivity contribution in [1.29, 1.82) is 0 Å². The van der Waals surface area contributed by atoms with Crippen LogP contribution >= 0.6 is 0 Å². The number of carbonyl (C=O) groups is 5. The van der Waals surface area contributed by atoms with Crippen LogP contribution in [0.15, 0.2) is 0 Å². The zero-order valence-corrected chi connectivity index (χ0v) is 11.3. The Morgan fingerprint density at radius 2 is 1.14 bits per heavy atom. The van der Waals surface area contributed by atoms with Crippen LogP contribution in [0.2, 0.25) is 0 Å². The molecular weight excluding hydrogens is 294 g/mol. The van der Waals surface area contributed by atoms with Crippen LogP contribution in [0.3, 0.4) is 0 Å². The molecule has 1 atom stereocenters. The molecule has 7 N–H and O–H groups in total. The number of aliphatic carboxylic acids is 4. The van der Waals surface area contributed by atoms with Crippen LogP contribution < -0.4 is 5.73 Å². The summed E-state index contributed by atoms with van der Waals surface area (Å²) in [5, 5.41) is 40.6. The molecule has 0 aliphatic heterocycles. The molecule has 0 aromatic heterocycles. The van der Waals surface area contributed by atoms with E-state index >= 15 is 0 Å². The van der Waals surface area contributed by atoms with E-state index in [1.54, 1.807) is 0 Å². The molecule has 0 aliphatic carbocycles. The van der Waals surface area contributed by atoms with E-state index in [4.69, 9.17) is 35.1 Å². The van der Waals surface area contributed by atoms with Crippen LogP contribution in [0, 0.1) is 0 Å². The second kappa shape index (κ2) is 11.2. The van der Waals surface area contributed by atoms with Gasteiger partial charge in [-0.1, -0.05) is 0 Å². The molecule has 1 amide bonds. The van der Waals surface area contributed by atoms with Crippen molar-refractivity contribution >= 4 is 29.8 Å². The van der Waals surface area contributed by atoms with E-state index in [-0.39, 0.29) is 0 Å². The lowest BCUT2D eigenvalue weighted by atomic mass is 9.95. The Kier molecular flexibility index (Phi) is 12.4. The van der Waals surface area contributed by atoms with E-state index in [0.29, 0.717) is 0 Å². The summed E-state index contributed by atoms with van der Waals surface area (Å²) >= 11 is 0. The van der Waals surface area contributed by atoms with Gasteiger partial charge in [0.15, 0.2) is 5.60 Å². The number of carboxylic acid groups (broad SMARTS) is 4. The fraction of sp³-hybridized carbons (Fsp3) is 0.500. The minimum atomic E-state index is -2.61. The Morgan fingerprint density at radius 3 is 1.29 bits per heavy atom. The van der Waals surface area contributed by atoms with E-state index in [9.17, 15) is 14.4 Å². The summed E-state index contributed by atoms with van der Waals surface area (Å²) < 4.78 is 0. The molecule has 11 nitrogen and oxygen atoms in total. The van der Waals surface area contributed by atoms with E-state index < -0.39 is 48.2 Å². The summed E-state index contributed by atoms with van der Waals surface area (Å²) in [6.45, 7) is 2.17. The minimum Gasteiger partial charge on any atom is -0.481 e. The van der Waals surface area contributed by atoms with E-state index in [1.165, 1.54) is 0 Å². The predicted molar refractivity (Wildman–Crippen MR) is 65.3 cm³/mol. The second-order valence-corrected chi connectivity index (χ2v) is 3.59. The quantitative estimate of drug-likeness (QED) is 0.339. The lowest BCUT2D eigenvalue weighted by Crippen LogP contribution is -2.44. The van der Waals surface area contributed by atoms with Crippen molar-refractivity contribution in [3.8, 4) is 0 Å². The molecule has 11 heteroatoms. The first-order valence-electron chi connectivity index (χ1n) is 5.09. The predicted octanol–water partition coefficient (Wildman–Crippen LogP) is -1.67. The zero-order valence-electron chi connectivity index (χ0n) is 11.3. The molecule has 0 aliphatic rings. The van der Waals surface area contributed by atoms with Crippen LogP contribution in [-0.2, 0) is 24.0 Å². The molecule has 0 fully saturated rings. The van der Waals surface area contributed by atoms with Gasteiger partial charge in [-0.25, -0.2) is 4.79 Å². The first-order chi connectivity index (χ1) is 9.24. The monoisotopic (exact) mass is 311 g/mol. The van der Waals surface area contributed by atoms with Crippen molar-refractivity contribution in [2.75, 3.05) is 0 Å². The number of nitrogens with two attached hydrogens (primary N) is 1. The Balaban J connectivity index is -0.000000334. The summed E-state index contributed by atoms with van der Waals surface area (Å²) in [6.07, 6.45) is -1.99. The molecule has 0 radical (unpaired) electrons. The van der Waals surface area contributed by atoms with E-state index in [0.717, 1.165) is 13.8 Å². The van der Waals surface area contributed by atoms with Crippen LogP contribution in [0.5, 0.6) is 0 Å². The van der Waals surface area contributed by atoms with Gasteiger partial charge in [0.1, 0.15) is 0 Å². The zero-order chi connectivity index (χ0) is 17.8. The fourth-order valence-electron chi connectivity index (χ4n) is 0.752. The number of primary amides is 1. The SMILES string of the molecule is CC(=O)O.CC(=O)O.NC(=O)CC(O)(CC(=O)O)C(=O)O. The van der Waals surface area contributed by atoms with Gasteiger partial charge in [0, 0.05) is 13.8 Å². The lowest BCUT2D eigenvalue weighted by molar-refractivity contribution is -0.167. The third-order valence-corrected chi connectivity index (χ3v) is 1.31. The van der Waals surface area contributed by atoms with E-state index in [1.807, 2.05) is 0 Å². The molecular formula is C10H17NO10. The van der Waals surface area contributed by atoms with Crippen molar-refractivity contribution in [2.45, 2.75) is 32.3 Å². The third-order valence-electron chi connectivity index (χ3n) is 1.31. The highest BCUT2D eigenvalue weighted by atomic mass is 16.4. The van der Waals surface area contributed by atoms with Gasteiger partial charge in [-0.05, 0) is 0 Å². The van der Waals surface area contributed by atoms with Crippen molar-refractivity contribution in [2.24, 2.45) is 5.73 Å². The Morgan fingerprint density at radius 1 is 0.857 bits per heavy atom. The van der Waals surface area contributed by atoms with Gasteiger partial charge in [-0.3, -0.25) is 19.2 Å². The average Bonchev–Trinajstić information content (AvgIpc) is 2.11. The highest BCUT2D eigenvalue weighted by molar-refractivity contribution is 5.89. The van der Waals surface area contributed by atoms with Crippen molar-refractivity contribution in [3.05, 3.63) is 0 Å². The first kappa shape index (κ1) is 23.4. The second-order valence-electron chi connectivity index (χ2n) is 3.59. The molecule has 0 bridgehead atoms. The molecule has 0 saturated carbocycles. The average molecular weight is 311 g/mol. The standard InChI is InChI=1S/C6H9NO6.2C2H4O2/c7-3(8)1-6(13,5(11)12)2-4(9)10;2*1-2(3)4/h13H,1-2H2,(H2,7,8)(H,9,10)(H,11,12);2*1H3,(H,3,4). The highest BCUT2D eigenvalue weighted by Gasteiger charge is 2.40. The van der Waals surface area contributed by atoms with Crippen LogP contribution in [0.1, 0.15) is 26.7 Å². The summed E-state index contributed by atoms with van der Waals surface area (Å²) in [5.41, 5.74) is 2.02. The Hall–Kier alpha value is -2.69. The van der Waals surface area contributed by atoms with Gasteiger partial charge < -0.3 is 31.3 Å². The van der Waals surface area contributed by atoms with Crippen LogP contribution in [-0.4, -0.2) is 60.9 Å². The Labute approximate surface area is 118 Å². The van der Waals surface area contributed by atoms with E-state index in [2.05, 4.69) is 5.73 Å². The molecule has 21 heavy (non-hydrogen) atoms. The number of hydrogen-bond donors (Lipinski definition) is 6. The van der Waals surface area contributed by atoms with Gasteiger partial charge in [-0.15, -0.1) is 0 Å². The molecule has 0 heterocycles. The lowest BCUT2D eigenvalue weighted by Gasteiger charge is -2.18. The smallest absolute Gasteiger partial charge is 0.336 e. The normalized spacial score (nSPS) is 11.4. The number of hydrogen-bond acceptors (Lipinski definition) is 6. The third kappa shape index (κ3) is 22.9. The van der Waals surface area contributed by atoms with Crippen molar-refractivity contribution in [1.82, 2.24) is 0 Å². The van der Waals surface area contributed by atoms with Crippen molar-refractivity contribution in [3.63, 3.8) is 0 Å². The maximum atomic E-state index is 10.4. The minimum absolute atomic E-state index is 0.833. The first-order valence-corrected chi connectivity index (χ1v) is 5.09. The molecule has 122 valence electrons. The largest absolute Gasteiger partial charge is 0.481 e. The summed E-state index contributed by atoms with van der Waals surface area (Å²) in [4.78, 5) is 48.8. The molecule has 0 rings (SSSR count). The summed E-state index contributed by atoms with van der Waals surface area (Å²) in [7, 11) is 0. The van der Waals surface area contributed by atoms with Gasteiger partial charge in [0.05, 0.1) is 12.8 Å². The summed E-state index contributed by atoms with van der Waals surface area (Å²) in [6, 6.07) is 0. The highest BCUT2D eigenvalue weighted by Crippen LogP contribution is 2.15.